The van der Waals surface area contributed by atoms with E-state index in [1.54, 1.807) is 22.7 Å². The van der Waals surface area contributed by atoms with Gasteiger partial charge in [-0.15, -0.1) is 22.7 Å². The van der Waals surface area contributed by atoms with Crippen LogP contribution in [0, 0.1) is 0 Å². The van der Waals surface area contributed by atoms with Gasteiger partial charge in [-0.1, -0.05) is 54.1 Å². The summed E-state index contributed by atoms with van der Waals surface area (Å²) in [4.78, 5) is 12.4. The van der Waals surface area contributed by atoms with Crippen LogP contribution in [0.5, 0.6) is 0 Å². The summed E-state index contributed by atoms with van der Waals surface area (Å²) in [7, 11) is 0. The predicted molar refractivity (Wildman–Crippen MR) is 135 cm³/mol. The lowest BCUT2D eigenvalue weighted by Gasteiger charge is -2.21. The van der Waals surface area contributed by atoms with Crippen molar-refractivity contribution in [3.8, 4) is 11.3 Å². The second-order valence-electron chi connectivity index (χ2n) is 7.50. The van der Waals surface area contributed by atoms with Crippen molar-refractivity contribution in [3.05, 3.63) is 98.3 Å². The Balaban J connectivity index is 1.55. The molecule has 5 aromatic rings. The van der Waals surface area contributed by atoms with Crippen LogP contribution in [0.25, 0.3) is 22.2 Å². The monoisotopic (exact) mass is 472 g/mol. The third kappa shape index (κ3) is 3.50. The number of hydrogen-bond acceptors (Lipinski definition) is 6. The van der Waals surface area contributed by atoms with Crippen molar-refractivity contribution in [2.75, 3.05) is 5.01 Å². The van der Waals surface area contributed by atoms with E-state index in [0.29, 0.717) is 11.0 Å². The van der Waals surface area contributed by atoms with E-state index in [9.17, 15) is 0 Å². The molecule has 1 unspecified atom stereocenters. The van der Waals surface area contributed by atoms with Crippen LogP contribution in [0.3, 0.4) is 0 Å². The number of nitrogens with zero attached hydrogens (tertiary/aromatic N) is 4. The minimum atomic E-state index is 0.0699. The third-order valence-corrected chi connectivity index (χ3v) is 7.61. The van der Waals surface area contributed by atoms with Gasteiger partial charge in [0.25, 0.3) is 0 Å². The fourth-order valence-corrected chi connectivity index (χ4v) is 5.70. The SMILES string of the molecule is Clc1ccc2nc(N3N=C(c4cccs4)CC3c3cccs3)nc(-c3ccccc3)c2c1. The lowest BCUT2D eigenvalue weighted by atomic mass is 10.1. The summed E-state index contributed by atoms with van der Waals surface area (Å²) in [6.07, 6.45) is 0.823. The highest BCUT2D eigenvalue weighted by Gasteiger charge is 2.33. The Bertz CT molecular complexity index is 1410. The molecular formula is C25H17ClN4S2. The van der Waals surface area contributed by atoms with Crippen LogP contribution in [-0.4, -0.2) is 15.7 Å². The van der Waals surface area contributed by atoms with Gasteiger partial charge >= 0.3 is 0 Å². The van der Waals surface area contributed by atoms with Crippen molar-refractivity contribution in [1.29, 1.82) is 0 Å². The summed E-state index contributed by atoms with van der Waals surface area (Å²) in [5.74, 6) is 0.601. The zero-order chi connectivity index (χ0) is 21.5. The van der Waals surface area contributed by atoms with Crippen molar-refractivity contribution < 1.29 is 0 Å². The molecule has 4 nitrogen and oxygen atoms in total. The zero-order valence-electron chi connectivity index (χ0n) is 16.9. The van der Waals surface area contributed by atoms with Crippen molar-refractivity contribution in [2.45, 2.75) is 12.5 Å². The number of halogens is 1. The van der Waals surface area contributed by atoms with E-state index in [0.717, 1.165) is 34.3 Å². The molecule has 156 valence electrons. The first-order chi connectivity index (χ1) is 15.8. The highest BCUT2D eigenvalue weighted by Crippen LogP contribution is 2.39. The summed E-state index contributed by atoms with van der Waals surface area (Å²) in [6, 6.07) is 24.4. The van der Waals surface area contributed by atoms with Crippen LogP contribution < -0.4 is 5.01 Å². The summed E-state index contributed by atoms with van der Waals surface area (Å²) >= 11 is 9.78. The molecule has 0 bridgehead atoms. The Labute approximate surface area is 198 Å². The summed E-state index contributed by atoms with van der Waals surface area (Å²) < 4.78 is 0. The van der Waals surface area contributed by atoms with Crippen molar-refractivity contribution >= 4 is 56.8 Å². The van der Waals surface area contributed by atoms with Crippen molar-refractivity contribution in [2.24, 2.45) is 5.10 Å². The minimum absolute atomic E-state index is 0.0699. The number of thiophene rings is 2. The largest absolute Gasteiger partial charge is 0.247 e. The number of fused-ring (bicyclic) bond motifs is 1. The first-order valence-electron chi connectivity index (χ1n) is 10.2. The highest BCUT2D eigenvalue weighted by molar-refractivity contribution is 7.12. The molecule has 32 heavy (non-hydrogen) atoms. The molecule has 0 aliphatic carbocycles. The maximum Gasteiger partial charge on any atom is 0.247 e. The summed E-state index contributed by atoms with van der Waals surface area (Å²) in [5, 5.41) is 12.8. The van der Waals surface area contributed by atoms with Gasteiger partial charge in [-0.25, -0.2) is 15.0 Å². The van der Waals surface area contributed by atoms with Gasteiger partial charge in [0, 0.05) is 27.3 Å². The Morgan fingerprint density at radius 1 is 0.875 bits per heavy atom. The van der Waals surface area contributed by atoms with E-state index in [1.165, 1.54) is 9.75 Å². The third-order valence-electron chi connectivity index (χ3n) is 5.49. The fraction of sp³-hybridized carbons (Fsp3) is 0.0800. The Hall–Kier alpha value is -3.06. The van der Waals surface area contributed by atoms with Crippen LogP contribution in [0.1, 0.15) is 22.2 Å². The number of rotatable bonds is 4. The Morgan fingerprint density at radius 2 is 1.72 bits per heavy atom. The molecule has 0 saturated carbocycles. The standard InChI is InChI=1S/C25H17ClN4S2/c26-17-10-11-19-18(14-17)24(16-6-2-1-3-7-16)28-25(27-19)30-21(23-9-5-13-32-23)15-20(29-30)22-8-4-12-31-22/h1-14,21H,15H2. The number of aromatic nitrogens is 2. The van der Waals surface area contributed by atoms with Crippen LogP contribution >= 0.6 is 34.3 Å². The average molecular weight is 473 g/mol. The average Bonchev–Trinajstić information content (AvgIpc) is 3.60. The first kappa shape index (κ1) is 19.6. The van der Waals surface area contributed by atoms with Crippen LogP contribution in [-0.2, 0) is 0 Å². The molecule has 2 aromatic carbocycles. The van der Waals surface area contributed by atoms with Gasteiger partial charge in [0.15, 0.2) is 0 Å². The van der Waals surface area contributed by atoms with Gasteiger partial charge in [0.2, 0.25) is 5.95 Å². The maximum atomic E-state index is 6.33. The van der Waals surface area contributed by atoms with Gasteiger partial charge in [-0.2, -0.15) is 5.10 Å². The summed E-state index contributed by atoms with van der Waals surface area (Å²) in [5.41, 5.74) is 3.80. The Kier molecular flexibility index (Phi) is 4.98. The quantitative estimate of drug-likeness (QED) is 0.273. The van der Waals surface area contributed by atoms with Gasteiger partial charge in [-0.05, 0) is 41.1 Å². The maximum absolute atomic E-state index is 6.33. The Morgan fingerprint density at radius 3 is 2.50 bits per heavy atom. The van der Waals surface area contributed by atoms with Gasteiger partial charge in [-0.3, -0.25) is 0 Å². The smallest absolute Gasteiger partial charge is 0.223 e. The van der Waals surface area contributed by atoms with E-state index in [4.69, 9.17) is 26.7 Å². The molecule has 3 aromatic heterocycles. The molecule has 0 spiro atoms. The van der Waals surface area contributed by atoms with Gasteiger partial charge in [0.05, 0.1) is 27.8 Å². The predicted octanol–water partition coefficient (Wildman–Crippen LogP) is 7.43. The van der Waals surface area contributed by atoms with Crippen molar-refractivity contribution in [3.63, 3.8) is 0 Å². The van der Waals surface area contributed by atoms with E-state index in [-0.39, 0.29) is 6.04 Å². The van der Waals surface area contributed by atoms with E-state index in [2.05, 4.69) is 47.2 Å². The first-order valence-corrected chi connectivity index (χ1v) is 12.4. The molecule has 4 heterocycles. The number of hydrogen-bond donors (Lipinski definition) is 0. The lowest BCUT2D eigenvalue weighted by molar-refractivity contribution is 0.700. The van der Waals surface area contributed by atoms with Crippen LogP contribution in [0.15, 0.2) is 88.7 Å². The molecule has 1 aliphatic rings. The van der Waals surface area contributed by atoms with Crippen molar-refractivity contribution in [1.82, 2.24) is 9.97 Å². The minimum Gasteiger partial charge on any atom is -0.223 e. The molecule has 6 rings (SSSR count). The fourth-order valence-electron chi connectivity index (χ4n) is 4.00. The molecule has 0 saturated heterocycles. The molecule has 1 atom stereocenters. The van der Waals surface area contributed by atoms with Gasteiger partial charge < -0.3 is 0 Å². The molecular weight excluding hydrogens is 456 g/mol. The number of anilines is 1. The highest BCUT2D eigenvalue weighted by atomic mass is 35.5. The molecule has 1 aliphatic heterocycles. The number of benzene rings is 2. The molecule has 0 radical (unpaired) electrons. The van der Waals surface area contributed by atoms with E-state index in [1.807, 2.05) is 41.4 Å². The molecule has 7 heteroatoms. The molecule has 0 fully saturated rings. The second-order valence-corrected chi connectivity index (χ2v) is 9.87. The van der Waals surface area contributed by atoms with Crippen LogP contribution in [0.2, 0.25) is 5.02 Å². The normalized spacial score (nSPS) is 16.0. The number of hydrazone groups is 1. The molecule has 0 N–H and O–H groups in total. The van der Waals surface area contributed by atoms with Crippen LogP contribution in [0.4, 0.5) is 5.95 Å². The topological polar surface area (TPSA) is 41.4 Å². The van der Waals surface area contributed by atoms with E-state index < -0.39 is 0 Å². The van der Waals surface area contributed by atoms with Gasteiger partial charge in [0.1, 0.15) is 0 Å². The zero-order valence-corrected chi connectivity index (χ0v) is 19.2. The molecule has 0 amide bonds. The second kappa shape index (κ2) is 8.13. The summed E-state index contributed by atoms with van der Waals surface area (Å²) in [6.45, 7) is 0. The lowest BCUT2D eigenvalue weighted by Crippen LogP contribution is -2.20. The van der Waals surface area contributed by atoms with E-state index >= 15 is 0 Å².